The fourth-order valence-electron chi connectivity index (χ4n) is 2.48. The van der Waals surface area contributed by atoms with E-state index in [4.69, 9.17) is 10.5 Å². The number of hydrogen-bond acceptors (Lipinski definition) is 7. The van der Waals surface area contributed by atoms with Crippen molar-refractivity contribution in [2.24, 2.45) is 5.73 Å². The number of benzene rings is 2. The maximum Gasteiger partial charge on any atom is 0.329 e. The third kappa shape index (κ3) is 7.48. The van der Waals surface area contributed by atoms with Crippen molar-refractivity contribution in [1.82, 2.24) is 5.32 Å². The summed E-state index contributed by atoms with van der Waals surface area (Å²) >= 11 is 0. The second-order valence-electron chi connectivity index (χ2n) is 6.50. The predicted octanol–water partition coefficient (Wildman–Crippen LogP) is 1.28. The third-order valence-corrected chi connectivity index (χ3v) is 4.08. The molecule has 0 spiro atoms. The summed E-state index contributed by atoms with van der Waals surface area (Å²) in [6, 6.07) is 8.23. The van der Waals surface area contributed by atoms with Gasteiger partial charge in [0.15, 0.2) is 6.61 Å². The normalized spacial score (nSPS) is 11.2. The molecule has 0 bridgehead atoms. The molecular weight excluding hydrogens is 427 g/mol. The van der Waals surface area contributed by atoms with E-state index in [-0.39, 0.29) is 29.8 Å². The zero-order chi connectivity index (χ0) is 23.7. The van der Waals surface area contributed by atoms with Crippen LogP contribution < -0.4 is 16.4 Å². The molecule has 0 heterocycles. The van der Waals surface area contributed by atoms with Crippen LogP contribution in [0.5, 0.6) is 0 Å². The van der Waals surface area contributed by atoms with Gasteiger partial charge in [0.1, 0.15) is 11.9 Å². The number of primary amides is 1. The van der Waals surface area contributed by atoms with E-state index in [2.05, 4.69) is 10.6 Å². The number of hydrogen-bond donors (Lipinski definition) is 3. The second kappa shape index (κ2) is 11.2. The van der Waals surface area contributed by atoms with Gasteiger partial charge in [-0.05, 0) is 42.8 Å². The summed E-state index contributed by atoms with van der Waals surface area (Å²) in [7, 11) is 0. The average Bonchev–Trinajstić information content (AvgIpc) is 2.75. The Bertz CT molecular complexity index is 1010. The van der Waals surface area contributed by atoms with E-state index in [1.54, 1.807) is 0 Å². The van der Waals surface area contributed by atoms with E-state index in [1.807, 2.05) is 0 Å². The van der Waals surface area contributed by atoms with Crippen LogP contribution in [0.25, 0.3) is 0 Å². The monoisotopic (exact) mass is 446 g/mol. The number of nitrogens with two attached hydrogens (primary N) is 1. The lowest BCUT2D eigenvalue weighted by Gasteiger charge is -2.17. The minimum atomic E-state index is -1.28. The van der Waals surface area contributed by atoms with Gasteiger partial charge < -0.3 is 21.1 Å². The van der Waals surface area contributed by atoms with Crippen LogP contribution in [-0.2, 0) is 19.1 Å². The maximum atomic E-state index is 13.0. The topological polar surface area (TPSA) is 171 Å². The maximum absolute atomic E-state index is 13.0. The van der Waals surface area contributed by atoms with Crippen molar-refractivity contribution >= 4 is 35.1 Å². The highest BCUT2D eigenvalue weighted by atomic mass is 19.1. The first-order valence-electron chi connectivity index (χ1n) is 9.21. The van der Waals surface area contributed by atoms with Gasteiger partial charge in [-0.15, -0.1) is 0 Å². The van der Waals surface area contributed by atoms with Gasteiger partial charge in [-0.1, -0.05) is 0 Å². The second-order valence-corrected chi connectivity index (χ2v) is 6.50. The number of nitro benzene ring substituents is 1. The van der Waals surface area contributed by atoms with Crippen molar-refractivity contribution in [3.05, 3.63) is 70.0 Å². The smallest absolute Gasteiger partial charge is 0.329 e. The van der Waals surface area contributed by atoms with Crippen molar-refractivity contribution in [2.45, 2.75) is 18.9 Å². The Morgan fingerprint density at radius 2 is 1.69 bits per heavy atom. The van der Waals surface area contributed by atoms with Crippen molar-refractivity contribution < 1.29 is 33.2 Å². The van der Waals surface area contributed by atoms with Crippen LogP contribution in [0.4, 0.5) is 15.8 Å². The number of nitrogens with zero attached hydrogens (tertiary/aromatic N) is 1. The number of nitrogens with one attached hydrogen (secondary N) is 2. The highest BCUT2D eigenvalue weighted by Crippen LogP contribution is 2.15. The zero-order valence-corrected chi connectivity index (χ0v) is 16.6. The largest absolute Gasteiger partial charge is 0.454 e. The molecule has 32 heavy (non-hydrogen) atoms. The Morgan fingerprint density at radius 3 is 2.25 bits per heavy atom. The number of nitro groups is 1. The molecule has 0 fully saturated rings. The van der Waals surface area contributed by atoms with Crippen molar-refractivity contribution in [2.75, 3.05) is 11.9 Å². The molecule has 2 aromatic rings. The Balaban J connectivity index is 1.95. The molecule has 0 radical (unpaired) electrons. The van der Waals surface area contributed by atoms with E-state index in [9.17, 15) is 33.7 Å². The fraction of sp³-hybridized carbons (Fsp3) is 0.200. The molecule has 12 heteroatoms. The molecule has 0 aliphatic carbocycles. The predicted molar refractivity (Wildman–Crippen MR) is 109 cm³/mol. The van der Waals surface area contributed by atoms with Gasteiger partial charge in [0.05, 0.1) is 4.92 Å². The highest BCUT2D eigenvalue weighted by molar-refractivity contribution is 5.97. The molecule has 11 nitrogen and oxygen atoms in total. The molecule has 168 valence electrons. The number of anilines is 1. The zero-order valence-electron chi connectivity index (χ0n) is 16.6. The van der Waals surface area contributed by atoms with Crippen molar-refractivity contribution in [1.29, 1.82) is 0 Å². The van der Waals surface area contributed by atoms with Gasteiger partial charge >= 0.3 is 5.97 Å². The Hall–Kier alpha value is -4.35. The van der Waals surface area contributed by atoms with E-state index in [1.165, 1.54) is 36.4 Å². The SMILES string of the molecule is NC(=O)CC[C@H](NC(=O)c1ccc(F)cc1)C(=O)OCC(=O)Nc1ccc([N+](=O)[O-])cc1. The number of amides is 3. The Kier molecular flexibility index (Phi) is 8.34. The summed E-state index contributed by atoms with van der Waals surface area (Å²) in [5.74, 6) is -3.70. The quantitative estimate of drug-likeness (QED) is 0.280. The lowest BCUT2D eigenvalue weighted by atomic mass is 10.1. The number of ether oxygens (including phenoxy) is 1. The van der Waals surface area contributed by atoms with Crippen LogP contribution in [0.15, 0.2) is 48.5 Å². The summed E-state index contributed by atoms with van der Waals surface area (Å²) in [5, 5.41) is 15.4. The molecule has 0 saturated heterocycles. The number of carbonyl (C=O) groups is 4. The lowest BCUT2D eigenvalue weighted by Crippen LogP contribution is -2.43. The van der Waals surface area contributed by atoms with Crippen LogP contribution in [0, 0.1) is 15.9 Å². The first-order chi connectivity index (χ1) is 15.2. The fourth-order valence-corrected chi connectivity index (χ4v) is 2.48. The van der Waals surface area contributed by atoms with E-state index in [0.29, 0.717) is 0 Å². The Labute approximate surface area is 180 Å². The number of halogens is 1. The average molecular weight is 446 g/mol. The minimum absolute atomic E-state index is 0.0687. The number of rotatable bonds is 10. The van der Waals surface area contributed by atoms with Crippen molar-refractivity contribution in [3.8, 4) is 0 Å². The Morgan fingerprint density at radius 1 is 1.06 bits per heavy atom. The third-order valence-electron chi connectivity index (χ3n) is 4.08. The van der Waals surface area contributed by atoms with Gasteiger partial charge in [0, 0.05) is 29.8 Å². The van der Waals surface area contributed by atoms with Gasteiger partial charge in [-0.3, -0.25) is 24.5 Å². The first kappa shape index (κ1) is 23.9. The molecule has 2 rings (SSSR count). The number of carbonyl (C=O) groups excluding carboxylic acids is 4. The summed E-state index contributed by atoms with van der Waals surface area (Å²) in [4.78, 5) is 57.7. The summed E-state index contributed by atoms with van der Waals surface area (Å²) in [6.07, 6.45) is -0.413. The molecular formula is C20H19FN4O7. The minimum Gasteiger partial charge on any atom is -0.454 e. The van der Waals surface area contributed by atoms with Crippen LogP contribution in [0.1, 0.15) is 23.2 Å². The van der Waals surface area contributed by atoms with Crippen LogP contribution in [-0.4, -0.2) is 41.3 Å². The molecule has 0 aliphatic heterocycles. The van der Waals surface area contributed by atoms with Gasteiger partial charge in [-0.2, -0.15) is 0 Å². The molecule has 0 unspecified atom stereocenters. The van der Waals surface area contributed by atoms with Crippen LogP contribution >= 0.6 is 0 Å². The molecule has 4 N–H and O–H groups in total. The highest BCUT2D eigenvalue weighted by Gasteiger charge is 2.24. The van der Waals surface area contributed by atoms with Gasteiger partial charge in [0.25, 0.3) is 17.5 Å². The molecule has 0 aliphatic rings. The first-order valence-corrected chi connectivity index (χ1v) is 9.21. The van der Waals surface area contributed by atoms with Crippen molar-refractivity contribution in [3.63, 3.8) is 0 Å². The summed E-state index contributed by atoms with van der Waals surface area (Å²) in [6.45, 7) is -0.713. The molecule has 1 atom stereocenters. The molecule has 3 amide bonds. The summed E-state index contributed by atoms with van der Waals surface area (Å²) in [5.41, 5.74) is 5.23. The molecule has 0 aromatic heterocycles. The molecule has 0 saturated carbocycles. The van der Waals surface area contributed by atoms with Crippen LogP contribution in [0.3, 0.4) is 0 Å². The number of non-ortho nitro benzene ring substituents is 1. The van der Waals surface area contributed by atoms with E-state index in [0.717, 1.165) is 12.1 Å². The van der Waals surface area contributed by atoms with Gasteiger partial charge in [-0.25, -0.2) is 9.18 Å². The lowest BCUT2D eigenvalue weighted by molar-refractivity contribution is -0.384. The number of esters is 1. The van der Waals surface area contributed by atoms with Crippen LogP contribution in [0.2, 0.25) is 0 Å². The summed E-state index contributed by atoms with van der Waals surface area (Å²) < 4.78 is 17.9. The molecule has 2 aromatic carbocycles. The standard InChI is InChI=1S/C20H19FN4O7/c21-13-3-1-12(2-4-13)19(28)24-16(9-10-17(22)26)20(29)32-11-18(27)23-14-5-7-15(8-6-14)25(30)31/h1-8,16H,9-11H2,(H2,22,26)(H,23,27)(H,24,28)/t16-/m0/s1. The van der Waals surface area contributed by atoms with Gasteiger partial charge in [0.2, 0.25) is 5.91 Å². The van der Waals surface area contributed by atoms with E-state index < -0.39 is 47.1 Å². The van der Waals surface area contributed by atoms with E-state index >= 15 is 0 Å².